The van der Waals surface area contributed by atoms with Crippen molar-refractivity contribution in [1.29, 1.82) is 0 Å². The Kier molecular flexibility index (Phi) is 10.6. The first-order valence-electron chi connectivity index (χ1n) is 16.1. The van der Waals surface area contributed by atoms with Crippen LogP contribution in [0.5, 0.6) is 0 Å². The Labute approximate surface area is 290 Å². The minimum atomic E-state index is -3.71. The lowest BCUT2D eigenvalue weighted by molar-refractivity contribution is 0.0697. The Hall–Kier alpha value is -4.76. The number of aromatic nitrogens is 1. The summed E-state index contributed by atoms with van der Waals surface area (Å²) in [5.41, 5.74) is 7.05. The van der Waals surface area contributed by atoms with Crippen LogP contribution in [-0.4, -0.2) is 30.6 Å². The van der Waals surface area contributed by atoms with Gasteiger partial charge in [-0.3, -0.25) is 0 Å². The second-order valence-corrected chi connectivity index (χ2v) is 14.3. The van der Waals surface area contributed by atoms with Crippen LogP contribution in [0.2, 0.25) is 5.02 Å². The SMILES string of the molecule is O=C(O)c1ccc(CCCc2c(CCNS(=O)(=O)Cc3ccc(F)cc3)n(C(c3ccccc3)c3ccccc3)c3ccc(Cl)cc23)cc1. The van der Waals surface area contributed by atoms with E-state index in [9.17, 15) is 22.7 Å². The van der Waals surface area contributed by atoms with Gasteiger partial charge in [-0.1, -0.05) is 96.5 Å². The van der Waals surface area contributed by atoms with Crippen LogP contribution in [0.1, 0.15) is 56.3 Å². The van der Waals surface area contributed by atoms with Crippen molar-refractivity contribution in [3.05, 3.63) is 177 Å². The molecule has 0 saturated heterocycles. The molecule has 0 aliphatic rings. The van der Waals surface area contributed by atoms with Crippen LogP contribution < -0.4 is 4.72 Å². The molecule has 6 aromatic rings. The number of nitrogens with one attached hydrogen (secondary N) is 1. The maximum Gasteiger partial charge on any atom is 0.335 e. The van der Waals surface area contributed by atoms with E-state index in [0.717, 1.165) is 51.7 Å². The lowest BCUT2D eigenvalue weighted by Gasteiger charge is -2.25. The lowest BCUT2D eigenvalue weighted by Crippen LogP contribution is -2.28. The Bertz CT molecular complexity index is 2110. The number of fused-ring (bicyclic) bond motifs is 1. The molecule has 9 heteroatoms. The monoisotopic (exact) mass is 694 g/mol. The van der Waals surface area contributed by atoms with Gasteiger partial charge in [-0.25, -0.2) is 22.3 Å². The minimum absolute atomic E-state index is 0.160. The molecule has 2 N–H and O–H groups in total. The predicted octanol–water partition coefficient (Wildman–Crippen LogP) is 8.61. The molecule has 6 nitrogen and oxygen atoms in total. The van der Waals surface area contributed by atoms with E-state index in [0.29, 0.717) is 23.4 Å². The first-order chi connectivity index (χ1) is 23.7. The fourth-order valence-corrected chi connectivity index (χ4v) is 7.79. The molecule has 49 heavy (non-hydrogen) atoms. The van der Waals surface area contributed by atoms with Gasteiger partial charge in [0.15, 0.2) is 0 Å². The quantitative estimate of drug-likeness (QED) is 0.120. The van der Waals surface area contributed by atoms with Gasteiger partial charge < -0.3 is 9.67 Å². The number of carbonyl (C=O) groups is 1. The van der Waals surface area contributed by atoms with Crippen LogP contribution in [0.25, 0.3) is 10.9 Å². The van der Waals surface area contributed by atoms with Crippen molar-refractivity contribution in [2.24, 2.45) is 0 Å². The zero-order valence-electron chi connectivity index (χ0n) is 26.7. The molecule has 0 spiro atoms. The molecule has 0 radical (unpaired) electrons. The number of rotatable bonds is 14. The second kappa shape index (κ2) is 15.2. The van der Waals surface area contributed by atoms with Crippen LogP contribution in [0, 0.1) is 5.82 Å². The van der Waals surface area contributed by atoms with Crippen molar-refractivity contribution in [2.75, 3.05) is 6.54 Å². The van der Waals surface area contributed by atoms with E-state index < -0.39 is 21.8 Å². The zero-order chi connectivity index (χ0) is 34.4. The molecule has 6 rings (SSSR count). The van der Waals surface area contributed by atoms with Gasteiger partial charge in [0.1, 0.15) is 5.82 Å². The lowest BCUT2D eigenvalue weighted by atomic mass is 9.97. The minimum Gasteiger partial charge on any atom is -0.478 e. The second-order valence-electron chi connectivity index (χ2n) is 12.1. The Morgan fingerprint density at radius 1 is 0.776 bits per heavy atom. The van der Waals surface area contributed by atoms with Crippen molar-refractivity contribution in [3.63, 3.8) is 0 Å². The number of carboxylic acid groups (broad SMARTS) is 1. The summed E-state index contributed by atoms with van der Waals surface area (Å²) >= 11 is 6.61. The number of hydrogen-bond donors (Lipinski definition) is 2. The number of benzene rings is 5. The van der Waals surface area contributed by atoms with E-state index in [2.05, 4.69) is 33.6 Å². The molecular weight excluding hydrogens is 659 g/mol. The standard InChI is InChI=1S/C40H36ClFN2O4S/c41-33-20-23-37-36(26-33)35(13-7-8-28-14-18-32(19-15-28)40(45)46)38(24-25-43-49(47,48)27-29-16-21-34(42)22-17-29)44(37)39(30-9-3-1-4-10-30)31-11-5-2-6-12-31/h1-6,9-12,14-23,26,39,43H,7-8,13,24-25,27H2,(H,45,46). The molecule has 5 aromatic carbocycles. The summed E-state index contributed by atoms with van der Waals surface area (Å²) in [4.78, 5) is 11.3. The largest absolute Gasteiger partial charge is 0.478 e. The van der Waals surface area contributed by atoms with E-state index in [1.807, 2.05) is 66.7 Å². The van der Waals surface area contributed by atoms with Gasteiger partial charge in [0.05, 0.1) is 17.4 Å². The molecule has 250 valence electrons. The Morgan fingerprint density at radius 2 is 1.39 bits per heavy atom. The molecular formula is C40H36ClFN2O4S. The van der Waals surface area contributed by atoms with E-state index in [4.69, 9.17) is 11.6 Å². The highest BCUT2D eigenvalue weighted by Crippen LogP contribution is 2.38. The number of hydrogen-bond acceptors (Lipinski definition) is 3. The normalized spacial score (nSPS) is 11.7. The molecule has 1 heterocycles. The van der Waals surface area contributed by atoms with Crippen LogP contribution in [0.3, 0.4) is 0 Å². The third-order valence-electron chi connectivity index (χ3n) is 8.72. The average molecular weight is 695 g/mol. The van der Waals surface area contributed by atoms with Crippen molar-refractivity contribution >= 4 is 38.5 Å². The third-order valence-corrected chi connectivity index (χ3v) is 10.3. The van der Waals surface area contributed by atoms with Gasteiger partial charge in [-0.15, -0.1) is 0 Å². The molecule has 1 aromatic heterocycles. The molecule has 0 aliphatic carbocycles. The highest BCUT2D eigenvalue weighted by Gasteiger charge is 2.26. The van der Waals surface area contributed by atoms with E-state index in [1.54, 1.807) is 12.1 Å². The summed E-state index contributed by atoms with van der Waals surface area (Å²) in [6.45, 7) is 0.160. The first-order valence-corrected chi connectivity index (χ1v) is 18.2. The van der Waals surface area contributed by atoms with Crippen LogP contribution >= 0.6 is 11.6 Å². The zero-order valence-corrected chi connectivity index (χ0v) is 28.3. The highest BCUT2D eigenvalue weighted by atomic mass is 35.5. The Balaban J connectivity index is 1.40. The summed E-state index contributed by atoms with van der Waals surface area (Å²) in [6.07, 6.45) is 2.62. The van der Waals surface area contributed by atoms with Gasteiger partial charge >= 0.3 is 5.97 Å². The van der Waals surface area contributed by atoms with Crippen molar-refractivity contribution < 1.29 is 22.7 Å². The van der Waals surface area contributed by atoms with E-state index >= 15 is 0 Å². The number of carboxylic acids is 1. The topological polar surface area (TPSA) is 88.4 Å². The highest BCUT2D eigenvalue weighted by molar-refractivity contribution is 7.88. The smallest absolute Gasteiger partial charge is 0.335 e. The van der Waals surface area contributed by atoms with Gasteiger partial charge in [0.25, 0.3) is 0 Å². The number of aromatic carboxylic acids is 1. The van der Waals surface area contributed by atoms with E-state index in [-0.39, 0.29) is 23.9 Å². The molecule has 0 saturated carbocycles. The number of aryl methyl sites for hydroxylation is 2. The maximum absolute atomic E-state index is 13.4. The van der Waals surface area contributed by atoms with Crippen molar-refractivity contribution in [1.82, 2.24) is 9.29 Å². The van der Waals surface area contributed by atoms with Crippen molar-refractivity contribution in [2.45, 2.75) is 37.5 Å². The molecule has 0 bridgehead atoms. The van der Waals surface area contributed by atoms with Gasteiger partial charge in [-0.2, -0.15) is 0 Å². The number of nitrogens with zero attached hydrogens (tertiary/aromatic N) is 1. The molecule has 0 amide bonds. The third kappa shape index (κ3) is 8.28. The predicted molar refractivity (Wildman–Crippen MR) is 193 cm³/mol. The summed E-state index contributed by atoms with van der Waals surface area (Å²) < 4.78 is 44.9. The fourth-order valence-electron chi connectivity index (χ4n) is 6.47. The van der Waals surface area contributed by atoms with E-state index in [1.165, 1.54) is 24.3 Å². The molecule has 0 atom stereocenters. The van der Waals surface area contributed by atoms with Crippen LogP contribution in [0.4, 0.5) is 4.39 Å². The van der Waals surface area contributed by atoms with Gasteiger partial charge in [-0.05, 0) is 89.5 Å². The fraction of sp³-hybridized carbons (Fsp3) is 0.175. The van der Waals surface area contributed by atoms with Crippen molar-refractivity contribution in [3.8, 4) is 0 Å². The maximum atomic E-state index is 13.4. The van der Waals surface area contributed by atoms with Gasteiger partial charge in [0.2, 0.25) is 10.0 Å². The molecule has 0 fully saturated rings. The average Bonchev–Trinajstić information content (AvgIpc) is 3.38. The van der Waals surface area contributed by atoms with Crippen LogP contribution in [-0.2, 0) is 35.0 Å². The summed E-state index contributed by atoms with van der Waals surface area (Å²) in [7, 11) is -3.71. The molecule has 0 unspecified atom stereocenters. The first kappa shape index (κ1) is 34.1. The summed E-state index contributed by atoms with van der Waals surface area (Å²) in [5.74, 6) is -1.63. The summed E-state index contributed by atoms with van der Waals surface area (Å²) in [6, 6.07) is 38.6. The Morgan fingerprint density at radius 3 is 2.00 bits per heavy atom. The number of halogens is 2. The summed E-state index contributed by atoms with van der Waals surface area (Å²) in [5, 5.41) is 10.9. The van der Waals surface area contributed by atoms with Crippen LogP contribution in [0.15, 0.2) is 127 Å². The molecule has 0 aliphatic heterocycles. The van der Waals surface area contributed by atoms with Gasteiger partial charge in [0, 0.05) is 34.6 Å². The number of sulfonamides is 1.